The van der Waals surface area contributed by atoms with Crippen LogP contribution in [-0.2, 0) is 14.3 Å². The van der Waals surface area contributed by atoms with E-state index >= 15 is 0 Å². The van der Waals surface area contributed by atoms with E-state index in [1.807, 2.05) is 6.92 Å². The smallest absolute Gasteiger partial charge is 0.245 e. The Bertz CT molecular complexity index is 305. The fraction of sp³-hybridized carbons (Fsp3) is 0.846. The van der Waals surface area contributed by atoms with Crippen molar-refractivity contribution in [2.75, 3.05) is 20.3 Å². The van der Waals surface area contributed by atoms with Gasteiger partial charge in [-0.2, -0.15) is 0 Å². The molecule has 2 amide bonds. The van der Waals surface area contributed by atoms with Gasteiger partial charge >= 0.3 is 0 Å². The van der Waals surface area contributed by atoms with Crippen molar-refractivity contribution in [1.29, 1.82) is 0 Å². The van der Waals surface area contributed by atoms with Crippen molar-refractivity contribution in [2.24, 2.45) is 5.92 Å². The van der Waals surface area contributed by atoms with Crippen molar-refractivity contribution < 1.29 is 14.3 Å². The standard InChI is InChI=1S/C13H24N2O3/c1-5-10-13(17)15(6-7-18-4)11(8-9(2)3)12(16)14-10/h9-11H,5-8H2,1-4H3,(H,14,16). The van der Waals surface area contributed by atoms with Crippen molar-refractivity contribution in [1.82, 2.24) is 10.2 Å². The van der Waals surface area contributed by atoms with Crippen LogP contribution in [0.25, 0.3) is 0 Å². The molecule has 1 fully saturated rings. The number of rotatable bonds is 6. The van der Waals surface area contributed by atoms with Crippen LogP contribution < -0.4 is 5.32 Å². The zero-order valence-electron chi connectivity index (χ0n) is 11.7. The van der Waals surface area contributed by atoms with E-state index < -0.39 is 0 Å². The summed E-state index contributed by atoms with van der Waals surface area (Å²) in [6.45, 7) is 6.96. The van der Waals surface area contributed by atoms with Crippen molar-refractivity contribution in [2.45, 2.75) is 45.7 Å². The van der Waals surface area contributed by atoms with Gasteiger partial charge in [-0.15, -0.1) is 0 Å². The summed E-state index contributed by atoms with van der Waals surface area (Å²) in [5.41, 5.74) is 0. The molecule has 5 nitrogen and oxygen atoms in total. The lowest BCUT2D eigenvalue weighted by Crippen LogP contribution is -2.63. The highest BCUT2D eigenvalue weighted by molar-refractivity contribution is 5.96. The predicted molar refractivity (Wildman–Crippen MR) is 69.1 cm³/mol. The van der Waals surface area contributed by atoms with Gasteiger partial charge < -0.3 is 15.0 Å². The van der Waals surface area contributed by atoms with E-state index in [1.54, 1.807) is 12.0 Å². The maximum atomic E-state index is 12.3. The van der Waals surface area contributed by atoms with Gasteiger partial charge in [-0.3, -0.25) is 9.59 Å². The predicted octanol–water partition coefficient (Wildman–Crippen LogP) is 0.784. The molecule has 0 aromatic heterocycles. The summed E-state index contributed by atoms with van der Waals surface area (Å²) in [5, 5.41) is 2.81. The van der Waals surface area contributed by atoms with Gasteiger partial charge in [0.25, 0.3) is 0 Å². The molecule has 2 unspecified atom stereocenters. The molecule has 5 heteroatoms. The Morgan fingerprint density at radius 2 is 2.06 bits per heavy atom. The van der Waals surface area contributed by atoms with Crippen LogP contribution in [0.4, 0.5) is 0 Å². The maximum Gasteiger partial charge on any atom is 0.245 e. The number of carbonyl (C=O) groups is 2. The average Bonchev–Trinajstić information content (AvgIpc) is 2.32. The normalized spacial score (nSPS) is 24.6. The van der Waals surface area contributed by atoms with Gasteiger partial charge in [0.05, 0.1) is 6.61 Å². The van der Waals surface area contributed by atoms with E-state index in [0.717, 1.165) is 0 Å². The van der Waals surface area contributed by atoms with E-state index in [0.29, 0.717) is 31.9 Å². The third kappa shape index (κ3) is 3.45. The molecule has 1 aliphatic rings. The molecular formula is C13H24N2O3. The number of hydrogen-bond acceptors (Lipinski definition) is 3. The van der Waals surface area contributed by atoms with E-state index in [2.05, 4.69) is 19.2 Å². The number of nitrogens with one attached hydrogen (secondary N) is 1. The minimum absolute atomic E-state index is 0.0137. The zero-order chi connectivity index (χ0) is 13.7. The van der Waals surface area contributed by atoms with E-state index in [9.17, 15) is 9.59 Å². The molecule has 0 bridgehead atoms. The molecule has 0 radical (unpaired) electrons. The van der Waals surface area contributed by atoms with Crippen LogP contribution in [0.5, 0.6) is 0 Å². The monoisotopic (exact) mass is 256 g/mol. The van der Waals surface area contributed by atoms with Gasteiger partial charge in [0, 0.05) is 13.7 Å². The van der Waals surface area contributed by atoms with Crippen molar-refractivity contribution >= 4 is 11.8 Å². The number of piperazine rings is 1. The first-order valence-corrected chi connectivity index (χ1v) is 6.61. The van der Waals surface area contributed by atoms with Crippen molar-refractivity contribution in [3.63, 3.8) is 0 Å². The molecule has 0 saturated carbocycles. The average molecular weight is 256 g/mol. The first-order chi connectivity index (χ1) is 8.51. The van der Waals surface area contributed by atoms with Gasteiger partial charge in [0.2, 0.25) is 11.8 Å². The number of ether oxygens (including phenoxy) is 1. The number of hydrogen-bond donors (Lipinski definition) is 1. The third-order valence-corrected chi connectivity index (χ3v) is 3.22. The summed E-state index contributed by atoms with van der Waals surface area (Å²) in [6.07, 6.45) is 1.32. The lowest BCUT2D eigenvalue weighted by Gasteiger charge is -2.39. The number of amides is 2. The van der Waals surface area contributed by atoms with Gasteiger partial charge in [-0.05, 0) is 18.8 Å². The molecule has 1 saturated heterocycles. The summed E-state index contributed by atoms with van der Waals surface area (Å²) < 4.78 is 5.02. The molecule has 1 aliphatic heterocycles. The van der Waals surface area contributed by atoms with Crippen LogP contribution in [0, 0.1) is 5.92 Å². The Morgan fingerprint density at radius 1 is 1.39 bits per heavy atom. The van der Waals surface area contributed by atoms with Gasteiger partial charge in [0.1, 0.15) is 12.1 Å². The minimum atomic E-state index is -0.377. The van der Waals surface area contributed by atoms with E-state index in [-0.39, 0.29) is 23.9 Å². The van der Waals surface area contributed by atoms with Crippen LogP contribution in [0.1, 0.15) is 33.6 Å². The van der Waals surface area contributed by atoms with Gasteiger partial charge in [-0.1, -0.05) is 20.8 Å². The summed E-state index contributed by atoms with van der Waals surface area (Å²) >= 11 is 0. The van der Waals surface area contributed by atoms with Crippen LogP contribution in [0.3, 0.4) is 0 Å². The molecule has 0 aromatic carbocycles. The fourth-order valence-corrected chi connectivity index (χ4v) is 2.24. The van der Waals surface area contributed by atoms with Crippen LogP contribution in [-0.4, -0.2) is 49.1 Å². The SMILES string of the molecule is CCC1NC(=O)C(CC(C)C)N(CCOC)C1=O. The summed E-state index contributed by atoms with van der Waals surface area (Å²) in [4.78, 5) is 26.0. The third-order valence-electron chi connectivity index (χ3n) is 3.22. The van der Waals surface area contributed by atoms with Crippen LogP contribution in [0.2, 0.25) is 0 Å². The maximum absolute atomic E-state index is 12.3. The summed E-state index contributed by atoms with van der Waals surface area (Å²) in [5.74, 6) is 0.350. The fourth-order valence-electron chi connectivity index (χ4n) is 2.24. The lowest BCUT2D eigenvalue weighted by atomic mass is 9.97. The summed E-state index contributed by atoms with van der Waals surface area (Å²) in [6, 6.07) is -0.729. The van der Waals surface area contributed by atoms with Crippen molar-refractivity contribution in [3.8, 4) is 0 Å². The molecule has 1 heterocycles. The molecule has 104 valence electrons. The highest BCUT2D eigenvalue weighted by atomic mass is 16.5. The quantitative estimate of drug-likeness (QED) is 0.764. The molecule has 1 N–H and O–H groups in total. The largest absolute Gasteiger partial charge is 0.383 e. The van der Waals surface area contributed by atoms with Crippen LogP contribution in [0.15, 0.2) is 0 Å². The second-order valence-electron chi connectivity index (χ2n) is 5.14. The van der Waals surface area contributed by atoms with E-state index in [4.69, 9.17) is 4.74 Å². The second-order valence-corrected chi connectivity index (χ2v) is 5.14. The molecule has 2 atom stereocenters. The Kier molecular flexibility index (Phi) is 5.59. The second kappa shape index (κ2) is 6.73. The Morgan fingerprint density at radius 3 is 2.56 bits per heavy atom. The molecule has 0 aromatic rings. The summed E-state index contributed by atoms with van der Waals surface area (Å²) in [7, 11) is 1.60. The Hall–Kier alpha value is -1.10. The van der Waals surface area contributed by atoms with Gasteiger partial charge in [-0.25, -0.2) is 0 Å². The molecular weight excluding hydrogens is 232 g/mol. The Labute approximate surface area is 109 Å². The number of carbonyl (C=O) groups excluding carboxylic acids is 2. The lowest BCUT2D eigenvalue weighted by molar-refractivity contribution is -0.150. The molecule has 18 heavy (non-hydrogen) atoms. The zero-order valence-corrected chi connectivity index (χ0v) is 11.7. The minimum Gasteiger partial charge on any atom is -0.383 e. The first kappa shape index (κ1) is 15.0. The number of nitrogens with zero attached hydrogens (tertiary/aromatic N) is 1. The van der Waals surface area contributed by atoms with E-state index in [1.165, 1.54) is 0 Å². The van der Waals surface area contributed by atoms with Crippen molar-refractivity contribution in [3.05, 3.63) is 0 Å². The molecule has 0 aliphatic carbocycles. The Balaban J connectivity index is 2.83. The van der Waals surface area contributed by atoms with Crippen LogP contribution >= 0.6 is 0 Å². The molecule has 0 spiro atoms. The highest BCUT2D eigenvalue weighted by Gasteiger charge is 2.39. The highest BCUT2D eigenvalue weighted by Crippen LogP contribution is 2.18. The van der Waals surface area contributed by atoms with Gasteiger partial charge in [0.15, 0.2) is 0 Å². The molecule has 1 rings (SSSR count). The topological polar surface area (TPSA) is 58.6 Å². The number of methoxy groups -OCH3 is 1. The first-order valence-electron chi connectivity index (χ1n) is 6.61.